The molecule has 28 heavy (non-hydrogen) atoms. The van der Waals surface area contributed by atoms with Crippen LogP contribution in [0.25, 0.3) is 10.8 Å². The maximum Gasteiger partial charge on any atom is 0.240 e. The SMILES string of the molecule is CCCC(=O)Nc1ccc(S(=O)(=O)NCc2sc(-c3ccco3)nc2C)cc1. The first kappa shape index (κ1) is 20.2. The number of amides is 1. The normalized spacial score (nSPS) is 11.5. The number of thiazole rings is 1. The number of rotatable bonds is 8. The van der Waals surface area contributed by atoms with Gasteiger partial charge in [0.2, 0.25) is 15.9 Å². The van der Waals surface area contributed by atoms with Crippen molar-refractivity contribution in [2.24, 2.45) is 0 Å². The van der Waals surface area contributed by atoms with Crippen LogP contribution in [0.1, 0.15) is 30.3 Å². The molecule has 0 unspecified atom stereocenters. The molecule has 0 atom stereocenters. The Labute approximate surface area is 167 Å². The van der Waals surface area contributed by atoms with Crippen molar-refractivity contribution >= 4 is 33.0 Å². The molecule has 1 aromatic carbocycles. The average Bonchev–Trinajstić information content (AvgIpc) is 3.30. The van der Waals surface area contributed by atoms with E-state index in [1.54, 1.807) is 24.5 Å². The van der Waals surface area contributed by atoms with Crippen LogP contribution in [0.2, 0.25) is 0 Å². The van der Waals surface area contributed by atoms with E-state index in [-0.39, 0.29) is 17.3 Å². The molecule has 0 aliphatic carbocycles. The van der Waals surface area contributed by atoms with E-state index in [0.29, 0.717) is 22.9 Å². The van der Waals surface area contributed by atoms with Crippen molar-refractivity contribution < 1.29 is 17.6 Å². The number of sulfonamides is 1. The Hall–Kier alpha value is -2.49. The van der Waals surface area contributed by atoms with Crippen LogP contribution in [-0.4, -0.2) is 19.3 Å². The second-order valence-electron chi connectivity index (χ2n) is 6.15. The Morgan fingerprint density at radius 3 is 2.61 bits per heavy atom. The summed E-state index contributed by atoms with van der Waals surface area (Å²) < 4.78 is 33.0. The summed E-state index contributed by atoms with van der Waals surface area (Å²) in [7, 11) is -3.68. The van der Waals surface area contributed by atoms with Crippen LogP contribution in [-0.2, 0) is 21.4 Å². The molecule has 0 saturated heterocycles. The van der Waals surface area contributed by atoms with E-state index >= 15 is 0 Å². The molecule has 2 heterocycles. The number of carbonyl (C=O) groups is 1. The van der Waals surface area contributed by atoms with E-state index in [9.17, 15) is 13.2 Å². The second kappa shape index (κ2) is 8.68. The van der Waals surface area contributed by atoms with Gasteiger partial charge in [0, 0.05) is 23.5 Å². The highest BCUT2D eigenvalue weighted by Crippen LogP contribution is 2.28. The van der Waals surface area contributed by atoms with Crippen molar-refractivity contribution in [1.82, 2.24) is 9.71 Å². The van der Waals surface area contributed by atoms with Crippen LogP contribution in [0.4, 0.5) is 5.69 Å². The van der Waals surface area contributed by atoms with Crippen LogP contribution in [0.5, 0.6) is 0 Å². The lowest BCUT2D eigenvalue weighted by Gasteiger charge is -2.08. The number of benzene rings is 1. The molecule has 148 valence electrons. The number of anilines is 1. The average molecular weight is 420 g/mol. The van der Waals surface area contributed by atoms with Crippen LogP contribution >= 0.6 is 11.3 Å². The number of nitrogens with zero attached hydrogens (tertiary/aromatic N) is 1. The predicted molar refractivity (Wildman–Crippen MR) is 109 cm³/mol. The lowest BCUT2D eigenvalue weighted by Crippen LogP contribution is -2.23. The number of aryl methyl sites for hydroxylation is 1. The van der Waals surface area contributed by atoms with Gasteiger partial charge in [0.1, 0.15) is 0 Å². The fraction of sp³-hybridized carbons (Fsp3) is 0.263. The fourth-order valence-corrected chi connectivity index (χ4v) is 4.57. The molecule has 2 N–H and O–H groups in total. The molecular weight excluding hydrogens is 398 g/mol. The molecule has 0 aliphatic rings. The highest BCUT2D eigenvalue weighted by atomic mass is 32.2. The number of nitrogens with one attached hydrogen (secondary N) is 2. The fourth-order valence-electron chi connectivity index (χ4n) is 2.51. The number of hydrogen-bond acceptors (Lipinski definition) is 6. The minimum absolute atomic E-state index is 0.0933. The Balaban J connectivity index is 1.66. The third kappa shape index (κ3) is 4.86. The highest BCUT2D eigenvalue weighted by Gasteiger charge is 2.17. The zero-order chi connectivity index (χ0) is 20.1. The van der Waals surface area contributed by atoms with Gasteiger partial charge in [-0.3, -0.25) is 4.79 Å². The molecule has 0 bridgehead atoms. The van der Waals surface area contributed by atoms with Crippen molar-refractivity contribution in [1.29, 1.82) is 0 Å². The van der Waals surface area contributed by atoms with E-state index in [4.69, 9.17) is 4.42 Å². The summed E-state index contributed by atoms with van der Waals surface area (Å²) in [5, 5.41) is 3.45. The van der Waals surface area contributed by atoms with Gasteiger partial charge in [0.05, 0.1) is 16.9 Å². The number of hydrogen-bond donors (Lipinski definition) is 2. The first-order valence-electron chi connectivity index (χ1n) is 8.79. The Morgan fingerprint density at radius 2 is 1.96 bits per heavy atom. The summed E-state index contributed by atoms with van der Waals surface area (Å²) in [6.45, 7) is 3.89. The van der Waals surface area contributed by atoms with Gasteiger partial charge < -0.3 is 9.73 Å². The smallest absolute Gasteiger partial charge is 0.240 e. The quantitative estimate of drug-likeness (QED) is 0.576. The summed E-state index contributed by atoms with van der Waals surface area (Å²) in [6.07, 6.45) is 2.75. The van der Waals surface area contributed by atoms with Gasteiger partial charge in [-0.25, -0.2) is 18.1 Å². The topological polar surface area (TPSA) is 101 Å². The largest absolute Gasteiger partial charge is 0.462 e. The minimum Gasteiger partial charge on any atom is -0.462 e. The van der Waals surface area contributed by atoms with E-state index in [1.165, 1.54) is 23.5 Å². The van der Waals surface area contributed by atoms with E-state index in [0.717, 1.165) is 17.0 Å². The highest BCUT2D eigenvalue weighted by molar-refractivity contribution is 7.89. The molecule has 3 rings (SSSR count). The molecule has 0 radical (unpaired) electrons. The van der Waals surface area contributed by atoms with Gasteiger partial charge in [-0.2, -0.15) is 0 Å². The zero-order valence-electron chi connectivity index (χ0n) is 15.6. The first-order valence-corrected chi connectivity index (χ1v) is 11.1. The number of furan rings is 1. The summed E-state index contributed by atoms with van der Waals surface area (Å²) in [5.41, 5.74) is 1.33. The van der Waals surface area contributed by atoms with Gasteiger partial charge in [-0.05, 0) is 49.7 Å². The maximum atomic E-state index is 12.6. The molecule has 3 aromatic rings. The summed E-state index contributed by atoms with van der Waals surface area (Å²) in [4.78, 5) is 17.0. The van der Waals surface area contributed by atoms with Crippen molar-refractivity contribution in [3.63, 3.8) is 0 Å². The van der Waals surface area contributed by atoms with Gasteiger partial charge in [-0.1, -0.05) is 6.92 Å². The van der Waals surface area contributed by atoms with Gasteiger partial charge in [0.25, 0.3) is 0 Å². The lowest BCUT2D eigenvalue weighted by molar-refractivity contribution is -0.116. The standard InChI is InChI=1S/C19H21N3O4S2/c1-3-5-18(23)22-14-7-9-15(10-8-14)28(24,25)20-12-17-13(2)21-19(27-17)16-6-4-11-26-16/h4,6-11,20H,3,5,12H2,1-2H3,(H,22,23). The van der Waals surface area contributed by atoms with Gasteiger partial charge in [-0.15, -0.1) is 11.3 Å². The summed E-state index contributed by atoms with van der Waals surface area (Å²) >= 11 is 1.39. The third-order valence-electron chi connectivity index (χ3n) is 3.97. The van der Waals surface area contributed by atoms with Crippen LogP contribution in [0, 0.1) is 6.92 Å². The van der Waals surface area contributed by atoms with Crippen molar-refractivity contribution in [2.75, 3.05) is 5.32 Å². The maximum absolute atomic E-state index is 12.6. The van der Waals surface area contributed by atoms with Gasteiger partial charge in [0.15, 0.2) is 10.8 Å². The monoisotopic (exact) mass is 419 g/mol. The van der Waals surface area contributed by atoms with E-state index in [2.05, 4.69) is 15.0 Å². The Morgan fingerprint density at radius 1 is 1.21 bits per heavy atom. The zero-order valence-corrected chi connectivity index (χ0v) is 17.2. The van der Waals surface area contributed by atoms with Crippen LogP contribution < -0.4 is 10.0 Å². The summed E-state index contributed by atoms with van der Waals surface area (Å²) in [6, 6.07) is 9.69. The Kier molecular flexibility index (Phi) is 6.28. The molecule has 1 amide bonds. The van der Waals surface area contributed by atoms with E-state index in [1.807, 2.05) is 19.9 Å². The second-order valence-corrected chi connectivity index (χ2v) is 9.00. The molecule has 7 nitrogen and oxygen atoms in total. The van der Waals surface area contributed by atoms with Gasteiger partial charge >= 0.3 is 0 Å². The van der Waals surface area contributed by atoms with Crippen molar-refractivity contribution in [3.8, 4) is 10.8 Å². The van der Waals surface area contributed by atoms with Crippen molar-refractivity contribution in [3.05, 3.63) is 53.2 Å². The van der Waals surface area contributed by atoms with E-state index < -0.39 is 10.0 Å². The summed E-state index contributed by atoms with van der Waals surface area (Å²) in [5.74, 6) is 0.562. The lowest BCUT2D eigenvalue weighted by atomic mass is 10.3. The third-order valence-corrected chi connectivity index (χ3v) is 6.56. The molecule has 0 spiro atoms. The molecule has 0 aliphatic heterocycles. The molecular formula is C19H21N3O4S2. The molecule has 9 heteroatoms. The number of aromatic nitrogens is 1. The van der Waals surface area contributed by atoms with Crippen LogP contribution in [0.15, 0.2) is 52.0 Å². The van der Waals surface area contributed by atoms with Crippen molar-refractivity contribution in [2.45, 2.75) is 38.1 Å². The first-order chi connectivity index (χ1) is 13.4. The van der Waals surface area contributed by atoms with Crippen LogP contribution in [0.3, 0.4) is 0 Å². The predicted octanol–water partition coefficient (Wildman–Crippen LogP) is 3.93. The molecule has 2 aromatic heterocycles. The number of carbonyl (C=O) groups excluding carboxylic acids is 1. The molecule has 0 fully saturated rings. The molecule has 0 saturated carbocycles. The minimum atomic E-state index is -3.68. The Bertz CT molecular complexity index is 1040.